The van der Waals surface area contributed by atoms with Crippen LogP contribution in [0.4, 0.5) is 0 Å². The summed E-state index contributed by atoms with van der Waals surface area (Å²) in [6, 6.07) is -0.276. The Labute approximate surface area is 73.0 Å². The first-order valence-corrected chi connectivity index (χ1v) is 4.19. The second-order valence-corrected chi connectivity index (χ2v) is 2.86. The molecule has 0 saturated heterocycles. The molecule has 0 aliphatic rings. The molecule has 0 bridgehead atoms. The quantitative estimate of drug-likeness (QED) is 0.419. The second kappa shape index (κ2) is 5.57. The minimum Gasteiger partial charge on any atom is -0.370 e. The van der Waals surface area contributed by atoms with Crippen molar-refractivity contribution in [2.75, 3.05) is 0 Å². The summed E-state index contributed by atoms with van der Waals surface area (Å²) in [6.45, 7) is 3.57. The van der Waals surface area contributed by atoms with Gasteiger partial charge in [0.2, 0.25) is 0 Å². The number of carbonyl (C=O) groups is 1. The highest BCUT2D eigenvalue weighted by atomic mass is 16.1. The third-order valence-corrected chi connectivity index (χ3v) is 1.67. The molecular formula is C8H17N3O. The van der Waals surface area contributed by atoms with Gasteiger partial charge in [0.1, 0.15) is 0 Å². The summed E-state index contributed by atoms with van der Waals surface area (Å²) in [5.74, 6) is -0.0926. The third-order valence-electron chi connectivity index (χ3n) is 1.67. The molecular weight excluding hydrogens is 154 g/mol. The van der Waals surface area contributed by atoms with Crippen LogP contribution in [-0.4, -0.2) is 17.8 Å². The van der Waals surface area contributed by atoms with Gasteiger partial charge in [-0.05, 0) is 13.3 Å². The summed E-state index contributed by atoms with van der Waals surface area (Å²) in [5, 5.41) is 9.59. The minimum atomic E-state index is -0.276. The van der Waals surface area contributed by atoms with Gasteiger partial charge in [0, 0.05) is 0 Å². The molecule has 0 fully saturated rings. The van der Waals surface area contributed by atoms with Crippen LogP contribution in [0.25, 0.3) is 0 Å². The lowest BCUT2D eigenvalue weighted by atomic mass is 10.1. The summed E-state index contributed by atoms with van der Waals surface area (Å²) in [4.78, 5) is 11.0. The number of carbonyl (C=O) groups excluding carboxylic acids is 1. The van der Waals surface area contributed by atoms with Crippen molar-refractivity contribution in [1.29, 1.82) is 5.41 Å². The van der Waals surface area contributed by atoms with Crippen LogP contribution in [0.5, 0.6) is 0 Å². The van der Waals surface area contributed by atoms with Gasteiger partial charge in [0.05, 0.1) is 6.04 Å². The normalized spacial score (nSPS) is 12.2. The first-order valence-electron chi connectivity index (χ1n) is 4.19. The van der Waals surface area contributed by atoms with Crippen LogP contribution < -0.4 is 11.1 Å². The molecule has 0 saturated carbocycles. The van der Waals surface area contributed by atoms with Gasteiger partial charge in [-0.1, -0.05) is 19.8 Å². The highest BCUT2D eigenvalue weighted by Crippen LogP contribution is 2.00. The van der Waals surface area contributed by atoms with Gasteiger partial charge in [0.15, 0.2) is 11.7 Å². The Kier molecular flexibility index (Phi) is 5.08. The molecule has 0 aromatic carbocycles. The number of hydrogen-bond donors (Lipinski definition) is 3. The van der Waals surface area contributed by atoms with Crippen molar-refractivity contribution >= 4 is 11.7 Å². The Hall–Kier alpha value is -1.06. The Balaban J connectivity index is 3.87. The molecule has 12 heavy (non-hydrogen) atoms. The summed E-state index contributed by atoms with van der Waals surface area (Å²) < 4.78 is 0. The predicted molar refractivity (Wildman–Crippen MR) is 49.0 cm³/mol. The molecule has 0 amide bonds. The SMILES string of the molecule is CCCCC(NC(=N)N)C(C)=O. The minimum absolute atomic E-state index is 0.0404. The fourth-order valence-corrected chi connectivity index (χ4v) is 0.973. The number of unbranched alkanes of at least 4 members (excludes halogenated alkanes) is 1. The number of guanidine groups is 1. The lowest BCUT2D eigenvalue weighted by Crippen LogP contribution is -2.43. The molecule has 0 radical (unpaired) electrons. The lowest BCUT2D eigenvalue weighted by Gasteiger charge is -2.14. The zero-order chi connectivity index (χ0) is 9.56. The fraction of sp³-hybridized carbons (Fsp3) is 0.750. The summed E-state index contributed by atoms with van der Waals surface area (Å²) in [5.41, 5.74) is 5.12. The van der Waals surface area contributed by atoms with Gasteiger partial charge >= 0.3 is 0 Å². The predicted octanol–water partition coefficient (Wildman–Crippen LogP) is 0.617. The van der Waals surface area contributed by atoms with Gasteiger partial charge in [-0.15, -0.1) is 0 Å². The third kappa shape index (κ3) is 4.71. The van der Waals surface area contributed by atoms with Crippen molar-refractivity contribution in [1.82, 2.24) is 5.32 Å². The van der Waals surface area contributed by atoms with Crippen molar-refractivity contribution in [2.24, 2.45) is 5.73 Å². The van der Waals surface area contributed by atoms with Crippen molar-refractivity contribution in [3.63, 3.8) is 0 Å². The average Bonchev–Trinajstić information content (AvgIpc) is 1.96. The Bertz CT molecular complexity index is 168. The lowest BCUT2D eigenvalue weighted by molar-refractivity contribution is -0.118. The summed E-state index contributed by atoms with van der Waals surface area (Å²) in [6.07, 6.45) is 2.78. The van der Waals surface area contributed by atoms with Crippen LogP contribution in [0.3, 0.4) is 0 Å². The maximum atomic E-state index is 11.0. The topological polar surface area (TPSA) is 79.0 Å². The molecule has 0 heterocycles. The number of nitrogens with one attached hydrogen (secondary N) is 2. The molecule has 1 unspecified atom stereocenters. The Morgan fingerprint density at radius 3 is 2.58 bits per heavy atom. The van der Waals surface area contributed by atoms with Crippen LogP contribution in [0, 0.1) is 5.41 Å². The number of nitrogens with two attached hydrogens (primary N) is 1. The van der Waals surface area contributed by atoms with E-state index in [1.165, 1.54) is 6.92 Å². The molecule has 0 aliphatic heterocycles. The van der Waals surface area contributed by atoms with E-state index in [-0.39, 0.29) is 17.8 Å². The van der Waals surface area contributed by atoms with Crippen molar-refractivity contribution in [3.8, 4) is 0 Å². The molecule has 0 aliphatic carbocycles. The van der Waals surface area contributed by atoms with Gasteiger partial charge in [-0.25, -0.2) is 0 Å². The van der Waals surface area contributed by atoms with Crippen molar-refractivity contribution in [2.45, 2.75) is 39.2 Å². The van der Waals surface area contributed by atoms with E-state index in [4.69, 9.17) is 11.1 Å². The smallest absolute Gasteiger partial charge is 0.186 e. The summed E-state index contributed by atoms with van der Waals surface area (Å²) in [7, 11) is 0. The van der Waals surface area contributed by atoms with Crippen LogP contribution in [0.15, 0.2) is 0 Å². The maximum absolute atomic E-state index is 11.0. The largest absolute Gasteiger partial charge is 0.370 e. The van der Waals surface area contributed by atoms with E-state index >= 15 is 0 Å². The molecule has 0 aromatic rings. The van der Waals surface area contributed by atoms with Crippen LogP contribution in [0.1, 0.15) is 33.1 Å². The first-order chi connectivity index (χ1) is 5.57. The monoisotopic (exact) mass is 171 g/mol. The Morgan fingerprint density at radius 1 is 1.67 bits per heavy atom. The number of rotatable bonds is 5. The summed E-state index contributed by atoms with van der Waals surface area (Å²) >= 11 is 0. The average molecular weight is 171 g/mol. The van der Waals surface area contributed by atoms with Gasteiger partial charge < -0.3 is 11.1 Å². The maximum Gasteiger partial charge on any atom is 0.186 e. The van der Waals surface area contributed by atoms with Crippen LogP contribution in [-0.2, 0) is 4.79 Å². The number of hydrogen-bond acceptors (Lipinski definition) is 2. The highest BCUT2D eigenvalue weighted by Gasteiger charge is 2.12. The molecule has 4 heteroatoms. The number of ketones is 1. The number of Topliss-reactive ketones (excluding diaryl/α,β-unsaturated/α-hetero) is 1. The van der Waals surface area contributed by atoms with E-state index in [9.17, 15) is 4.79 Å². The van der Waals surface area contributed by atoms with Crippen molar-refractivity contribution in [3.05, 3.63) is 0 Å². The van der Waals surface area contributed by atoms with E-state index in [1.54, 1.807) is 0 Å². The highest BCUT2D eigenvalue weighted by molar-refractivity contribution is 5.86. The Morgan fingerprint density at radius 2 is 2.25 bits per heavy atom. The van der Waals surface area contributed by atoms with Gasteiger partial charge in [-0.3, -0.25) is 10.2 Å². The fourth-order valence-electron chi connectivity index (χ4n) is 0.973. The van der Waals surface area contributed by atoms with Crippen LogP contribution >= 0.6 is 0 Å². The van der Waals surface area contributed by atoms with E-state index in [1.807, 2.05) is 0 Å². The molecule has 70 valence electrons. The first kappa shape index (κ1) is 10.9. The van der Waals surface area contributed by atoms with E-state index in [2.05, 4.69) is 12.2 Å². The molecule has 0 rings (SSSR count). The molecule has 4 nitrogen and oxygen atoms in total. The zero-order valence-electron chi connectivity index (χ0n) is 7.68. The molecule has 0 spiro atoms. The standard InChI is InChI=1S/C8H17N3O/c1-3-4-5-7(6(2)12)11-8(9)10/h7H,3-5H2,1-2H3,(H4,9,10,11). The molecule has 0 aromatic heterocycles. The van der Waals surface area contributed by atoms with Crippen LogP contribution in [0.2, 0.25) is 0 Å². The van der Waals surface area contributed by atoms with E-state index in [0.29, 0.717) is 0 Å². The van der Waals surface area contributed by atoms with E-state index < -0.39 is 0 Å². The second-order valence-electron chi connectivity index (χ2n) is 2.86. The molecule has 1 atom stereocenters. The van der Waals surface area contributed by atoms with Gasteiger partial charge in [0.25, 0.3) is 0 Å². The van der Waals surface area contributed by atoms with Gasteiger partial charge in [-0.2, -0.15) is 0 Å². The molecule has 4 N–H and O–H groups in total. The van der Waals surface area contributed by atoms with E-state index in [0.717, 1.165) is 19.3 Å². The zero-order valence-corrected chi connectivity index (χ0v) is 7.68. The van der Waals surface area contributed by atoms with Crippen molar-refractivity contribution < 1.29 is 4.79 Å².